The Morgan fingerprint density at radius 1 is 1.24 bits per heavy atom. The van der Waals surface area contributed by atoms with Gasteiger partial charge in [-0.25, -0.2) is 0 Å². The minimum absolute atomic E-state index is 0.0973. The molecule has 94 valence electrons. The molecule has 0 aliphatic carbocycles. The van der Waals surface area contributed by atoms with E-state index in [4.69, 9.17) is 16.3 Å². The predicted molar refractivity (Wildman–Crippen MR) is 68.3 cm³/mol. The molecule has 0 radical (unpaired) electrons. The van der Waals surface area contributed by atoms with Crippen molar-refractivity contribution in [1.82, 2.24) is 4.90 Å². The largest absolute Gasteiger partial charge is 0.387 e. The Hall–Kier alpha value is -0.610. The number of halogens is 1. The van der Waals surface area contributed by atoms with Crippen LogP contribution in [0.15, 0.2) is 24.3 Å². The summed E-state index contributed by atoms with van der Waals surface area (Å²) in [5, 5.41) is 11.0. The second kappa shape index (κ2) is 5.83. The molecule has 1 aliphatic heterocycles. The Kier molecular flexibility index (Phi) is 4.40. The minimum atomic E-state index is -0.481. The molecule has 2 rings (SSSR count). The quantitative estimate of drug-likeness (QED) is 0.898. The summed E-state index contributed by atoms with van der Waals surface area (Å²) in [7, 11) is 0. The van der Waals surface area contributed by atoms with Gasteiger partial charge < -0.3 is 9.84 Å². The van der Waals surface area contributed by atoms with Crippen molar-refractivity contribution in [3.05, 3.63) is 34.9 Å². The molecule has 1 aromatic carbocycles. The molecule has 4 heteroatoms. The second-order valence-corrected chi connectivity index (χ2v) is 4.82. The van der Waals surface area contributed by atoms with E-state index in [1.165, 1.54) is 0 Å². The molecule has 1 aromatic rings. The molecule has 17 heavy (non-hydrogen) atoms. The first kappa shape index (κ1) is 12.8. The molecule has 0 amide bonds. The minimum Gasteiger partial charge on any atom is -0.387 e. The van der Waals surface area contributed by atoms with Crippen LogP contribution in [0.4, 0.5) is 0 Å². The number of aliphatic hydroxyl groups excluding tert-OH is 1. The van der Waals surface area contributed by atoms with E-state index >= 15 is 0 Å². The lowest BCUT2D eigenvalue weighted by Gasteiger charge is -2.35. The van der Waals surface area contributed by atoms with Gasteiger partial charge in [0.15, 0.2) is 0 Å². The molecule has 0 aromatic heterocycles. The number of hydrogen-bond acceptors (Lipinski definition) is 3. The summed E-state index contributed by atoms with van der Waals surface area (Å²) in [6.45, 7) is 5.30. The Labute approximate surface area is 107 Å². The van der Waals surface area contributed by atoms with Crippen LogP contribution in [-0.2, 0) is 4.74 Å². The average Bonchev–Trinajstić information content (AvgIpc) is 2.39. The zero-order valence-corrected chi connectivity index (χ0v) is 10.7. The molecule has 0 spiro atoms. The van der Waals surface area contributed by atoms with Crippen LogP contribution < -0.4 is 0 Å². The molecule has 1 heterocycles. The summed E-state index contributed by atoms with van der Waals surface area (Å²) >= 11 is 5.84. The fourth-order valence-electron chi connectivity index (χ4n) is 2.12. The van der Waals surface area contributed by atoms with Gasteiger partial charge in [-0.3, -0.25) is 4.90 Å². The molecule has 1 N–H and O–H groups in total. The monoisotopic (exact) mass is 255 g/mol. The highest BCUT2D eigenvalue weighted by molar-refractivity contribution is 6.30. The van der Waals surface area contributed by atoms with Crippen molar-refractivity contribution in [2.45, 2.75) is 19.1 Å². The van der Waals surface area contributed by atoms with Crippen molar-refractivity contribution in [2.75, 3.05) is 26.3 Å². The van der Waals surface area contributed by atoms with Gasteiger partial charge in [-0.15, -0.1) is 0 Å². The highest BCUT2D eigenvalue weighted by Gasteiger charge is 2.24. The van der Waals surface area contributed by atoms with Crippen LogP contribution in [0, 0.1) is 0 Å². The predicted octanol–water partition coefficient (Wildman–Crippen LogP) is 2.09. The van der Waals surface area contributed by atoms with Crippen LogP contribution in [0.1, 0.15) is 18.6 Å². The topological polar surface area (TPSA) is 32.7 Å². The van der Waals surface area contributed by atoms with Gasteiger partial charge in [0.2, 0.25) is 0 Å². The van der Waals surface area contributed by atoms with Gasteiger partial charge in [0.05, 0.1) is 19.3 Å². The summed E-state index contributed by atoms with van der Waals surface area (Å²) in [4.78, 5) is 2.25. The standard InChI is InChI=1S/C13H18ClNO2/c1-10(15-6-8-17-9-7-15)13(16)11-2-4-12(14)5-3-11/h2-5,10,13,16H,6-9H2,1H3/t10-,13+/m0/s1. The molecule has 2 atom stereocenters. The third kappa shape index (κ3) is 3.19. The lowest BCUT2D eigenvalue weighted by molar-refractivity contribution is -0.0166. The van der Waals surface area contributed by atoms with E-state index in [9.17, 15) is 5.11 Å². The van der Waals surface area contributed by atoms with Gasteiger partial charge in [-0.1, -0.05) is 23.7 Å². The van der Waals surface area contributed by atoms with Crippen LogP contribution in [0.3, 0.4) is 0 Å². The van der Waals surface area contributed by atoms with E-state index in [-0.39, 0.29) is 6.04 Å². The maximum absolute atomic E-state index is 10.3. The van der Waals surface area contributed by atoms with Gasteiger partial charge in [0, 0.05) is 24.2 Å². The molecule has 0 unspecified atom stereocenters. The Morgan fingerprint density at radius 2 is 1.82 bits per heavy atom. The van der Waals surface area contributed by atoms with Crippen LogP contribution >= 0.6 is 11.6 Å². The molecular formula is C13H18ClNO2. The number of benzene rings is 1. The number of aliphatic hydroxyl groups is 1. The number of rotatable bonds is 3. The zero-order valence-electron chi connectivity index (χ0n) is 9.97. The van der Waals surface area contributed by atoms with E-state index in [0.29, 0.717) is 5.02 Å². The molecule has 1 fully saturated rings. The van der Waals surface area contributed by atoms with Crippen molar-refractivity contribution in [1.29, 1.82) is 0 Å². The van der Waals surface area contributed by atoms with Gasteiger partial charge >= 0.3 is 0 Å². The third-order valence-corrected chi connectivity index (χ3v) is 3.54. The first-order valence-electron chi connectivity index (χ1n) is 5.94. The van der Waals surface area contributed by atoms with E-state index in [1.807, 2.05) is 31.2 Å². The summed E-state index contributed by atoms with van der Waals surface area (Å²) in [6, 6.07) is 7.48. The summed E-state index contributed by atoms with van der Waals surface area (Å²) in [5.41, 5.74) is 0.911. The second-order valence-electron chi connectivity index (χ2n) is 4.39. The molecular weight excluding hydrogens is 238 g/mol. The summed E-state index contributed by atoms with van der Waals surface area (Å²) < 4.78 is 5.31. The number of morpholine rings is 1. The highest BCUT2D eigenvalue weighted by atomic mass is 35.5. The number of hydrogen-bond donors (Lipinski definition) is 1. The lowest BCUT2D eigenvalue weighted by atomic mass is 10.0. The maximum atomic E-state index is 10.3. The lowest BCUT2D eigenvalue weighted by Crippen LogP contribution is -2.44. The summed E-state index contributed by atoms with van der Waals surface area (Å²) in [5.74, 6) is 0. The Balaban J connectivity index is 2.02. The Bertz CT molecular complexity index is 349. The van der Waals surface area contributed by atoms with E-state index < -0.39 is 6.10 Å². The average molecular weight is 256 g/mol. The van der Waals surface area contributed by atoms with E-state index in [2.05, 4.69) is 4.90 Å². The van der Waals surface area contributed by atoms with Crippen molar-refractivity contribution in [2.24, 2.45) is 0 Å². The van der Waals surface area contributed by atoms with Crippen LogP contribution in [0.5, 0.6) is 0 Å². The van der Waals surface area contributed by atoms with Crippen molar-refractivity contribution >= 4 is 11.6 Å². The number of ether oxygens (including phenoxy) is 1. The van der Waals surface area contributed by atoms with E-state index in [1.54, 1.807) is 0 Å². The SMILES string of the molecule is C[C@@H]([C@@H](O)c1ccc(Cl)cc1)N1CCOCC1. The normalized spacial score (nSPS) is 21.1. The molecule has 0 bridgehead atoms. The van der Waals surface area contributed by atoms with Crippen LogP contribution in [-0.4, -0.2) is 42.4 Å². The van der Waals surface area contributed by atoms with Gasteiger partial charge in [-0.2, -0.15) is 0 Å². The zero-order chi connectivity index (χ0) is 12.3. The maximum Gasteiger partial charge on any atom is 0.0942 e. The van der Waals surface area contributed by atoms with Crippen molar-refractivity contribution < 1.29 is 9.84 Å². The third-order valence-electron chi connectivity index (χ3n) is 3.29. The van der Waals surface area contributed by atoms with Crippen molar-refractivity contribution in [3.63, 3.8) is 0 Å². The van der Waals surface area contributed by atoms with Gasteiger partial charge in [0.25, 0.3) is 0 Å². The molecule has 3 nitrogen and oxygen atoms in total. The van der Waals surface area contributed by atoms with Crippen LogP contribution in [0.25, 0.3) is 0 Å². The molecule has 1 saturated heterocycles. The van der Waals surface area contributed by atoms with Crippen LogP contribution in [0.2, 0.25) is 5.02 Å². The highest BCUT2D eigenvalue weighted by Crippen LogP contribution is 2.23. The number of nitrogens with zero attached hydrogens (tertiary/aromatic N) is 1. The Morgan fingerprint density at radius 3 is 2.41 bits per heavy atom. The fraction of sp³-hybridized carbons (Fsp3) is 0.538. The van der Waals surface area contributed by atoms with Crippen molar-refractivity contribution in [3.8, 4) is 0 Å². The smallest absolute Gasteiger partial charge is 0.0942 e. The summed E-state index contributed by atoms with van der Waals surface area (Å²) in [6.07, 6.45) is -0.481. The van der Waals surface area contributed by atoms with Gasteiger partial charge in [0.1, 0.15) is 0 Å². The van der Waals surface area contributed by atoms with E-state index in [0.717, 1.165) is 31.9 Å². The first-order valence-corrected chi connectivity index (χ1v) is 6.31. The molecule has 0 saturated carbocycles. The molecule has 1 aliphatic rings. The fourth-order valence-corrected chi connectivity index (χ4v) is 2.25. The van der Waals surface area contributed by atoms with Gasteiger partial charge in [-0.05, 0) is 24.6 Å². The first-order chi connectivity index (χ1) is 8.18.